The number of rotatable bonds is 8. The molecule has 0 heterocycles. The normalized spacial score (nSPS) is 10.5. The smallest absolute Gasteiger partial charge is 0.306 e. The molecule has 0 aliphatic carbocycles. The number of halogens is 1. The summed E-state index contributed by atoms with van der Waals surface area (Å²) in [7, 11) is 0. The number of allylic oxidation sites excluding steroid dienone is 1. The second-order valence-electron chi connectivity index (χ2n) is 2.91. The van der Waals surface area contributed by atoms with E-state index in [4.69, 9.17) is 16.5 Å². The van der Waals surface area contributed by atoms with Gasteiger partial charge in [0.05, 0.1) is 13.0 Å². The van der Waals surface area contributed by atoms with E-state index in [-0.39, 0.29) is 37.7 Å². The van der Waals surface area contributed by atoms with Crippen LogP contribution in [0.25, 0.3) is 0 Å². The molecule has 86 valence electrons. The van der Waals surface area contributed by atoms with Crippen molar-refractivity contribution in [1.29, 1.82) is 0 Å². The first kappa shape index (κ1) is 14.1. The fourth-order valence-corrected chi connectivity index (χ4v) is 1.00. The highest BCUT2D eigenvalue weighted by atomic mass is 35.5. The lowest BCUT2D eigenvalue weighted by atomic mass is 10.2. The molecule has 0 atom stereocenters. The SMILES string of the molecule is CC/C=C\COC(=O)CCC(=O)CNCl. The summed E-state index contributed by atoms with van der Waals surface area (Å²) in [6.07, 6.45) is 4.88. The summed E-state index contributed by atoms with van der Waals surface area (Å²) in [4.78, 5) is 24.2. The monoisotopic (exact) mass is 233 g/mol. The van der Waals surface area contributed by atoms with Crippen molar-refractivity contribution in [2.24, 2.45) is 0 Å². The molecular formula is C10H16ClNO3. The van der Waals surface area contributed by atoms with E-state index in [0.29, 0.717) is 0 Å². The Labute approximate surface area is 94.7 Å². The van der Waals surface area contributed by atoms with E-state index in [1.54, 1.807) is 6.08 Å². The second kappa shape index (κ2) is 9.68. The van der Waals surface area contributed by atoms with Gasteiger partial charge < -0.3 is 4.74 Å². The predicted octanol–water partition coefficient (Wildman–Crippen LogP) is 1.59. The molecule has 0 aliphatic rings. The Balaban J connectivity index is 3.49. The number of hydrogen-bond donors (Lipinski definition) is 1. The van der Waals surface area contributed by atoms with E-state index in [2.05, 4.69) is 4.84 Å². The van der Waals surface area contributed by atoms with E-state index in [1.165, 1.54) is 0 Å². The first-order valence-electron chi connectivity index (χ1n) is 4.86. The highest BCUT2D eigenvalue weighted by molar-refractivity contribution is 6.14. The zero-order chi connectivity index (χ0) is 11.5. The molecule has 0 aromatic carbocycles. The molecule has 0 unspecified atom stereocenters. The van der Waals surface area contributed by atoms with Crippen LogP contribution in [0.1, 0.15) is 26.2 Å². The van der Waals surface area contributed by atoms with Gasteiger partial charge in [-0.3, -0.25) is 9.59 Å². The van der Waals surface area contributed by atoms with E-state index >= 15 is 0 Å². The van der Waals surface area contributed by atoms with Crippen LogP contribution in [0.15, 0.2) is 12.2 Å². The van der Waals surface area contributed by atoms with E-state index in [0.717, 1.165) is 6.42 Å². The zero-order valence-corrected chi connectivity index (χ0v) is 9.55. The molecule has 0 bridgehead atoms. The predicted molar refractivity (Wildman–Crippen MR) is 58.5 cm³/mol. The van der Waals surface area contributed by atoms with Gasteiger partial charge in [-0.1, -0.05) is 19.1 Å². The van der Waals surface area contributed by atoms with Crippen LogP contribution in [0.2, 0.25) is 0 Å². The van der Waals surface area contributed by atoms with Crippen LogP contribution in [-0.2, 0) is 14.3 Å². The Morgan fingerprint density at radius 2 is 2.07 bits per heavy atom. The zero-order valence-electron chi connectivity index (χ0n) is 8.79. The molecule has 4 nitrogen and oxygen atoms in total. The van der Waals surface area contributed by atoms with Gasteiger partial charge in [-0.05, 0) is 18.2 Å². The van der Waals surface area contributed by atoms with Gasteiger partial charge in [0.15, 0.2) is 0 Å². The highest BCUT2D eigenvalue weighted by Gasteiger charge is 2.06. The molecule has 0 fully saturated rings. The number of esters is 1. The average molecular weight is 234 g/mol. The van der Waals surface area contributed by atoms with Gasteiger partial charge in [0, 0.05) is 6.42 Å². The minimum Gasteiger partial charge on any atom is -0.461 e. The highest BCUT2D eigenvalue weighted by Crippen LogP contribution is 1.95. The number of Topliss-reactive ketones (excluding diaryl/α,β-unsaturated/α-hetero) is 1. The Bertz CT molecular complexity index is 229. The number of hydrogen-bond acceptors (Lipinski definition) is 4. The molecule has 0 spiro atoms. The molecule has 0 saturated carbocycles. The fourth-order valence-electron chi connectivity index (χ4n) is 0.852. The summed E-state index contributed by atoms with van der Waals surface area (Å²) >= 11 is 5.13. The van der Waals surface area contributed by atoms with E-state index < -0.39 is 0 Å². The van der Waals surface area contributed by atoms with Crippen molar-refractivity contribution in [3.05, 3.63) is 12.2 Å². The quantitative estimate of drug-likeness (QED) is 0.393. The van der Waals surface area contributed by atoms with Crippen LogP contribution in [0, 0.1) is 0 Å². The molecule has 0 saturated heterocycles. The third-order valence-electron chi connectivity index (χ3n) is 1.61. The minimum atomic E-state index is -0.362. The molecule has 0 aromatic rings. The molecule has 0 aromatic heterocycles. The van der Waals surface area contributed by atoms with Crippen molar-refractivity contribution in [3.8, 4) is 0 Å². The maximum absolute atomic E-state index is 11.1. The summed E-state index contributed by atoms with van der Waals surface area (Å²) in [5.41, 5.74) is 0. The summed E-state index contributed by atoms with van der Waals surface area (Å²) in [6.45, 7) is 2.34. The topological polar surface area (TPSA) is 55.4 Å². The number of ether oxygens (including phenoxy) is 1. The van der Waals surface area contributed by atoms with Crippen molar-refractivity contribution < 1.29 is 14.3 Å². The van der Waals surface area contributed by atoms with Crippen molar-refractivity contribution in [3.63, 3.8) is 0 Å². The van der Waals surface area contributed by atoms with Crippen LogP contribution < -0.4 is 4.84 Å². The molecule has 0 radical (unpaired) electrons. The van der Waals surface area contributed by atoms with Gasteiger partial charge >= 0.3 is 5.97 Å². The maximum atomic E-state index is 11.1. The van der Waals surface area contributed by atoms with Gasteiger partial charge in [0.25, 0.3) is 0 Å². The minimum absolute atomic E-state index is 0.0740. The Hall–Kier alpha value is -0.870. The van der Waals surface area contributed by atoms with Gasteiger partial charge in [0.2, 0.25) is 0 Å². The van der Waals surface area contributed by atoms with Gasteiger partial charge in [-0.25, -0.2) is 4.84 Å². The number of ketones is 1. The Morgan fingerprint density at radius 1 is 1.33 bits per heavy atom. The first-order valence-corrected chi connectivity index (χ1v) is 5.24. The number of carbonyl (C=O) groups excluding carboxylic acids is 2. The lowest BCUT2D eigenvalue weighted by Crippen LogP contribution is -2.16. The fraction of sp³-hybridized carbons (Fsp3) is 0.600. The standard InChI is InChI=1S/C10H16ClNO3/c1-2-3-4-7-15-10(14)6-5-9(13)8-12-11/h3-4,12H,2,5-8H2,1H3/b4-3-. The molecular weight excluding hydrogens is 218 g/mol. The first-order chi connectivity index (χ1) is 7.20. The van der Waals surface area contributed by atoms with Crippen molar-refractivity contribution in [2.45, 2.75) is 26.2 Å². The van der Waals surface area contributed by atoms with Crippen LogP contribution in [-0.4, -0.2) is 24.9 Å². The summed E-state index contributed by atoms with van der Waals surface area (Å²) in [5, 5.41) is 0. The van der Waals surface area contributed by atoms with Crippen molar-refractivity contribution in [1.82, 2.24) is 4.84 Å². The summed E-state index contributed by atoms with van der Waals surface area (Å²) in [6, 6.07) is 0. The van der Waals surface area contributed by atoms with Crippen LogP contribution >= 0.6 is 11.8 Å². The molecule has 1 N–H and O–H groups in total. The van der Waals surface area contributed by atoms with E-state index in [1.807, 2.05) is 13.0 Å². The molecule has 15 heavy (non-hydrogen) atoms. The van der Waals surface area contributed by atoms with Crippen molar-refractivity contribution >= 4 is 23.5 Å². The third kappa shape index (κ3) is 9.43. The number of nitrogens with one attached hydrogen (secondary N) is 1. The van der Waals surface area contributed by atoms with E-state index in [9.17, 15) is 9.59 Å². The van der Waals surface area contributed by atoms with Crippen LogP contribution in [0.4, 0.5) is 0 Å². The molecule has 0 aliphatic heterocycles. The van der Waals surface area contributed by atoms with Gasteiger partial charge in [-0.2, -0.15) is 0 Å². The summed E-state index contributed by atoms with van der Waals surface area (Å²) in [5.74, 6) is -0.468. The maximum Gasteiger partial charge on any atom is 0.306 e. The lowest BCUT2D eigenvalue weighted by molar-refractivity contribution is -0.143. The molecule has 0 amide bonds. The van der Waals surface area contributed by atoms with Crippen LogP contribution in [0.5, 0.6) is 0 Å². The summed E-state index contributed by atoms with van der Waals surface area (Å²) < 4.78 is 4.84. The number of carbonyl (C=O) groups is 2. The average Bonchev–Trinajstić information content (AvgIpc) is 2.22. The van der Waals surface area contributed by atoms with Crippen molar-refractivity contribution in [2.75, 3.05) is 13.2 Å². The second-order valence-corrected chi connectivity index (χ2v) is 3.18. The van der Waals surface area contributed by atoms with Gasteiger partial charge in [-0.15, -0.1) is 0 Å². The van der Waals surface area contributed by atoms with Crippen LogP contribution in [0.3, 0.4) is 0 Å². The Kier molecular flexibility index (Phi) is 9.11. The molecule has 0 rings (SSSR count). The lowest BCUT2D eigenvalue weighted by Gasteiger charge is -2.00. The van der Waals surface area contributed by atoms with Gasteiger partial charge in [0.1, 0.15) is 12.4 Å². The Morgan fingerprint density at radius 3 is 2.67 bits per heavy atom. The third-order valence-corrected chi connectivity index (χ3v) is 1.75. The molecule has 5 heteroatoms. The largest absolute Gasteiger partial charge is 0.461 e.